The van der Waals surface area contributed by atoms with Gasteiger partial charge in [0.2, 0.25) is 0 Å². The molecule has 1 atom stereocenters. The van der Waals surface area contributed by atoms with Gasteiger partial charge in [-0.15, -0.1) is 16.4 Å². The molecule has 6 rings (SSSR count). The number of anilines is 1. The summed E-state index contributed by atoms with van der Waals surface area (Å²) in [5.41, 5.74) is 1.64. The van der Waals surface area contributed by atoms with Crippen LogP contribution in [0.1, 0.15) is 51.2 Å². The van der Waals surface area contributed by atoms with E-state index in [1.807, 2.05) is 55.6 Å². The lowest BCUT2D eigenvalue weighted by Gasteiger charge is -2.43. The van der Waals surface area contributed by atoms with Crippen molar-refractivity contribution >= 4 is 44.8 Å². The van der Waals surface area contributed by atoms with E-state index in [9.17, 15) is 9.59 Å². The highest BCUT2D eigenvalue weighted by molar-refractivity contribution is 9.10. The number of carbonyl (C=O) groups is 2. The maximum Gasteiger partial charge on any atom is 0.255 e. The molecule has 0 bridgehead atoms. The zero-order valence-corrected chi connectivity index (χ0v) is 24.1. The molecule has 4 aromatic rings. The molecule has 1 aromatic carbocycles. The van der Waals surface area contributed by atoms with E-state index in [-0.39, 0.29) is 30.6 Å². The molecule has 8 nitrogen and oxygen atoms in total. The Labute approximate surface area is 238 Å². The van der Waals surface area contributed by atoms with Gasteiger partial charge < -0.3 is 14.4 Å². The average molecular weight is 612 g/mol. The molecule has 0 saturated carbocycles. The second kappa shape index (κ2) is 10.0. The smallest absolute Gasteiger partial charge is 0.255 e. The van der Waals surface area contributed by atoms with Crippen molar-refractivity contribution in [2.75, 3.05) is 24.5 Å². The van der Waals surface area contributed by atoms with E-state index < -0.39 is 11.7 Å². The number of carbonyl (C=O) groups excluding carboxylic acids is 2. The number of rotatable bonds is 6. The number of aryl methyl sites for hydroxylation is 1. The first-order valence-corrected chi connectivity index (χ1v) is 14.6. The quantitative estimate of drug-likeness (QED) is 0.298. The lowest BCUT2D eigenvalue weighted by Crippen LogP contribution is -2.59. The number of thiophene rings is 1. The molecular formula is C28H28BrFN6O2S. The second-order valence-corrected chi connectivity index (χ2v) is 12.2. The zero-order valence-electron chi connectivity index (χ0n) is 21.7. The van der Waals surface area contributed by atoms with Crippen molar-refractivity contribution in [2.24, 2.45) is 0 Å². The molecule has 39 heavy (non-hydrogen) atoms. The number of halogens is 2. The van der Waals surface area contributed by atoms with Gasteiger partial charge in [0.1, 0.15) is 11.7 Å². The number of nitrogens with zero attached hydrogens (tertiary/aromatic N) is 6. The molecular weight excluding hydrogens is 583 g/mol. The number of hydrogen-bond acceptors (Lipinski definition) is 5. The Morgan fingerprint density at radius 1 is 1.21 bits per heavy atom. The molecule has 3 aromatic heterocycles. The van der Waals surface area contributed by atoms with E-state index >= 15 is 4.39 Å². The summed E-state index contributed by atoms with van der Waals surface area (Å²) in [4.78, 5) is 31.0. The van der Waals surface area contributed by atoms with Gasteiger partial charge in [-0.05, 0) is 68.5 Å². The Balaban J connectivity index is 1.14. The van der Waals surface area contributed by atoms with Gasteiger partial charge in [0.25, 0.3) is 11.8 Å². The summed E-state index contributed by atoms with van der Waals surface area (Å²) in [6.45, 7) is 5.05. The third kappa shape index (κ3) is 4.71. The van der Waals surface area contributed by atoms with Crippen molar-refractivity contribution in [3.63, 3.8) is 0 Å². The van der Waals surface area contributed by atoms with Crippen LogP contribution in [0, 0.1) is 13.8 Å². The first-order valence-electron chi connectivity index (χ1n) is 12.9. The van der Waals surface area contributed by atoms with Crippen LogP contribution < -0.4 is 4.90 Å². The molecule has 0 N–H and O–H groups in total. The van der Waals surface area contributed by atoms with Crippen molar-refractivity contribution in [3.8, 4) is 0 Å². The summed E-state index contributed by atoms with van der Waals surface area (Å²) in [5.74, 6) is -0.273. The SMILES string of the molecule is Cc1cc(C(=O)N2CC(F)(c3cn(C4CCCN(c5ccc(Br)cc5)C4=O)nn3)C2)c(C)n1Cc1cccs1. The number of hydrogen-bond donors (Lipinski definition) is 0. The number of aromatic nitrogens is 4. The van der Waals surface area contributed by atoms with Gasteiger partial charge in [0.15, 0.2) is 5.67 Å². The summed E-state index contributed by atoms with van der Waals surface area (Å²) >= 11 is 5.10. The monoisotopic (exact) mass is 610 g/mol. The normalized spacial score (nSPS) is 18.9. The summed E-state index contributed by atoms with van der Waals surface area (Å²) in [6.07, 6.45) is 2.94. The lowest BCUT2D eigenvalue weighted by atomic mass is 9.92. The minimum Gasteiger partial charge on any atom is -0.343 e. The van der Waals surface area contributed by atoms with Crippen molar-refractivity contribution in [2.45, 2.75) is 44.9 Å². The van der Waals surface area contributed by atoms with Crippen LogP contribution in [0.4, 0.5) is 10.1 Å². The maximum atomic E-state index is 15.8. The Bertz CT molecular complexity index is 1520. The van der Waals surface area contributed by atoms with Crippen molar-refractivity contribution in [1.29, 1.82) is 0 Å². The predicted molar refractivity (Wildman–Crippen MR) is 151 cm³/mol. The van der Waals surface area contributed by atoms with Crippen molar-refractivity contribution < 1.29 is 14.0 Å². The largest absolute Gasteiger partial charge is 0.343 e. The molecule has 202 valence electrons. The summed E-state index contributed by atoms with van der Waals surface area (Å²) < 4.78 is 20.4. The van der Waals surface area contributed by atoms with Crippen molar-refractivity contribution in [1.82, 2.24) is 24.5 Å². The van der Waals surface area contributed by atoms with E-state index in [1.165, 1.54) is 20.7 Å². The van der Waals surface area contributed by atoms with Crippen LogP contribution in [0.2, 0.25) is 0 Å². The summed E-state index contributed by atoms with van der Waals surface area (Å²) in [6, 6.07) is 13.0. The Hall–Kier alpha value is -3.31. The topological polar surface area (TPSA) is 76.3 Å². The van der Waals surface area contributed by atoms with Crippen LogP contribution >= 0.6 is 27.3 Å². The van der Waals surface area contributed by atoms with Crippen LogP contribution in [-0.4, -0.2) is 55.9 Å². The van der Waals surface area contributed by atoms with Crippen LogP contribution in [-0.2, 0) is 17.0 Å². The molecule has 11 heteroatoms. The highest BCUT2D eigenvalue weighted by atomic mass is 79.9. The van der Waals surface area contributed by atoms with E-state index in [0.717, 1.165) is 28.0 Å². The van der Waals surface area contributed by atoms with E-state index in [1.54, 1.807) is 16.2 Å². The first-order chi connectivity index (χ1) is 18.7. The molecule has 0 radical (unpaired) electrons. The molecule has 2 aliphatic rings. The molecule has 1 unspecified atom stereocenters. The first kappa shape index (κ1) is 25.9. The minimum atomic E-state index is -1.79. The number of piperidine rings is 1. The van der Waals surface area contributed by atoms with Crippen molar-refractivity contribution in [3.05, 3.63) is 86.0 Å². The molecule has 0 spiro atoms. The second-order valence-electron chi connectivity index (χ2n) is 10.3. The van der Waals surface area contributed by atoms with E-state index in [4.69, 9.17) is 0 Å². The fraction of sp³-hybridized carbons (Fsp3) is 0.357. The average Bonchev–Trinajstić information content (AvgIpc) is 3.66. The van der Waals surface area contributed by atoms with Gasteiger partial charge in [-0.3, -0.25) is 9.59 Å². The Morgan fingerprint density at radius 2 is 1.97 bits per heavy atom. The maximum absolute atomic E-state index is 15.8. The predicted octanol–water partition coefficient (Wildman–Crippen LogP) is 5.26. The van der Waals surface area contributed by atoms with Crippen LogP contribution in [0.3, 0.4) is 0 Å². The number of benzene rings is 1. The highest BCUT2D eigenvalue weighted by Gasteiger charge is 2.50. The summed E-state index contributed by atoms with van der Waals surface area (Å²) in [5, 5.41) is 10.3. The van der Waals surface area contributed by atoms with Gasteiger partial charge in [0.05, 0.1) is 31.4 Å². The fourth-order valence-corrected chi connectivity index (χ4v) is 6.42. The number of likely N-dealkylation sites (tertiary alicyclic amines) is 1. The minimum absolute atomic E-state index is 0.0868. The summed E-state index contributed by atoms with van der Waals surface area (Å²) in [7, 11) is 0. The molecule has 5 heterocycles. The van der Waals surface area contributed by atoms with Gasteiger partial charge in [-0.2, -0.15) is 0 Å². The van der Waals surface area contributed by atoms with E-state index in [0.29, 0.717) is 25.1 Å². The van der Waals surface area contributed by atoms with Gasteiger partial charge >= 0.3 is 0 Å². The Kier molecular flexibility index (Phi) is 6.66. The van der Waals surface area contributed by atoms with Gasteiger partial charge in [-0.1, -0.05) is 27.2 Å². The van der Waals surface area contributed by atoms with Crippen LogP contribution in [0.25, 0.3) is 0 Å². The van der Waals surface area contributed by atoms with E-state index in [2.05, 4.69) is 36.9 Å². The third-order valence-electron chi connectivity index (χ3n) is 7.71. The number of amides is 2. The van der Waals surface area contributed by atoms with Gasteiger partial charge in [0, 0.05) is 33.0 Å². The molecule has 2 amide bonds. The highest BCUT2D eigenvalue weighted by Crippen LogP contribution is 2.37. The number of alkyl halides is 1. The lowest BCUT2D eigenvalue weighted by molar-refractivity contribution is -0.123. The van der Waals surface area contributed by atoms with Crippen LogP contribution in [0.5, 0.6) is 0 Å². The van der Waals surface area contributed by atoms with Crippen LogP contribution in [0.15, 0.2) is 58.5 Å². The molecule has 2 saturated heterocycles. The molecule has 2 aliphatic heterocycles. The fourth-order valence-electron chi connectivity index (χ4n) is 5.47. The van der Waals surface area contributed by atoms with Gasteiger partial charge in [-0.25, -0.2) is 9.07 Å². The molecule has 2 fully saturated rings. The zero-order chi connectivity index (χ0) is 27.3. The third-order valence-corrected chi connectivity index (χ3v) is 9.10. The Morgan fingerprint density at radius 3 is 2.69 bits per heavy atom. The molecule has 0 aliphatic carbocycles. The standard InChI is InChI=1S/C28H28BrFN6O2S/c1-18-13-23(19(2)35(18)14-22-5-4-12-39-22)26(37)33-16-28(30,17-33)25-15-36(32-31-25)24-6-3-11-34(27(24)38)21-9-7-20(29)8-10-21/h4-5,7-10,12-13,15,24H,3,6,11,14,16-17H2,1-2H3.